The number of nitrogen functional groups attached to an aromatic ring is 1. The summed E-state index contributed by atoms with van der Waals surface area (Å²) in [5, 5.41) is 7.22. The lowest BCUT2D eigenvalue weighted by Gasteiger charge is -2.07. The fourth-order valence-electron chi connectivity index (χ4n) is 2.04. The quantitative estimate of drug-likeness (QED) is 0.809. The maximum absolute atomic E-state index is 12.1. The normalized spacial score (nSPS) is 10.0. The van der Waals surface area contributed by atoms with Crippen LogP contribution in [0.5, 0.6) is 0 Å². The van der Waals surface area contributed by atoms with Crippen LogP contribution in [0.4, 0.5) is 5.69 Å². The minimum Gasteiger partial charge on any atom is -0.398 e. The zero-order valence-corrected chi connectivity index (χ0v) is 14.3. The van der Waals surface area contributed by atoms with E-state index >= 15 is 0 Å². The van der Waals surface area contributed by atoms with E-state index < -0.39 is 0 Å². The summed E-state index contributed by atoms with van der Waals surface area (Å²) in [7, 11) is 1.87. The molecule has 2 rings (SSSR count). The van der Waals surface area contributed by atoms with E-state index in [1.54, 1.807) is 22.9 Å². The van der Waals surface area contributed by atoms with Crippen molar-refractivity contribution in [2.45, 2.75) is 19.9 Å². The van der Waals surface area contributed by atoms with Gasteiger partial charge in [0.2, 0.25) is 0 Å². The number of benzene rings is 1. The molecule has 1 aromatic carbocycles. The number of hydrogen-bond donors (Lipinski definition) is 2. The van der Waals surface area contributed by atoms with Crippen LogP contribution in [-0.2, 0) is 20.0 Å². The van der Waals surface area contributed by atoms with Gasteiger partial charge in [-0.15, -0.1) is 12.4 Å². The van der Waals surface area contributed by atoms with E-state index in [1.165, 1.54) is 0 Å². The predicted octanol–water partition coefficient (Wildman–Crippen LogP) is 2.68. The summed E-state index contributed by atoms with van der Waals surface area (Å²) in [6.45, 7) is 2.49. The number of aryl methyl sites for hydroxylation is 2. The smallest absolute Gasteiger partial charge is 0.253 e. The Morgan fingerprint density at radius 3 is 2.81 bits per heavy atom. The number of aromatic nitrogens is 2. The van der Waals surface area contributed by atoms with Crippen LogP contribution in [0.25, 0.3) is 0 Å². The average Bonchev–Trinajstić information content (AvgIpc) is 2.76. The molecule has 7 heteroatoms. The lowest BCUT2D eigenvalue weighted by molar-refractivity contribution is 0.0951. The molecule has 0 atom stereocenters. The summed E-state index contributed by atoms with van der Waals surface area (Å²) in [5.74, 6) is -0.180. The van der Waals surface area contributed by atoms with E-state index in [0.29, 0.717) is 17.8 Å². The van der Waals surface area contributed by atoms with Gasteiger partial charge in [-0.05, 0) is 24.6 Å². The Hall–Kier alpha value is -1.53. The van der Waals surface area contributed by atoms with Crippen LogP contribution < -0.4 is 11.1 Å². The third-order valence-electron chi connectivity index (χ3n) is 3.02. The summed E-state index contributed by atoms with van der Waals surface area (Å²) in [4.78, 5) is 12.1. The number of nitrogens with zero attached hydrogens (tertiary/aromatic N) is 2. The van der Waals surface area contributed by atoms with Crippen LogP contribution in [0.2, 0.25) is 0 Å². The fourth-order valence-corrected chi connectivity index (χ4v) is 2.42. The highest BCUT2D eigenvalue weighted by molar-refractivity contribution is 9.10. The SMILES string of the molecule is CCc1nn(C)cc1CNC(=O)c1ccc(Br)cc1N.Cl. The molecule has 0 unspecified atom stereocenters. The summed E-state index contributed by atoms with van der Waals surface area (Å²) in [6, 6.07) is 5.22. The molecule has 1 heterocycles. The van der Waals surface area contributed by atoms with Gasteiger partial charge in [0.25, 0.3) is 5.91 Å². The van der Waals surface area contributed by atoms with Gasteiger partial charge in [-0.1, -0.05) is 22.9 Å². The standard InChI is InChI=1S/C14H17BrN4O.ClH/c1-3-13-9(8-19(2)18-13)7-17-14(20)11-5-4-10(15)6-12(11)16;/h4-6,8H,3,7,16H2,1-2H3,(H,17,20);1H. The first kappa shape index (κ1) is 17.5. The number of carbonyl (C=O) groups is 1. The molecule has 0 saturated carbocycles. The van der Waals surface area contributed by atoms with Crippen LogP contribution in [0.3, 0.4) is 0 Å². The second-order valence-electron chi connectivity index (χ2n) is 4.54. The Labute approximate surface area is 138 Å². The van der Waals surface area contributed by atoms with Gasteiger partial charge in [-0.3, -0.25) is 9.48 Å². The molecule has 0 spiro atoms. The third kappa shape index (κ3) is 4.22. The summed E-state index contributed by atoms with van der Waals surface area (Å²) in [5.41, 5.74) is 8.81. The molecule has 1 amide bonds. The molecule has 5 nitrogen and oxygen atoms in total. The van der Waals surface area contributed by atoms with Crippen LogP contribution in [0.15, 0.2) is 28.9 Å². The van der Waals surface area contributed by atoms with Gasteiger partial charge < -0.3 is 11.1 Å². The highest BCUT2D eigenvalue weighted by atomic mass is 79.9. The van der Waals surface area contributed by atoms with Gasteiger partial charge in [0.1, 0.15) is 0 Å². The summed E-state index contributed by atoms with van der Waals surface area (Å²) in [6.07, 6.45) is 2.76. The fraction of sp³-hybridized carbons (Fsp3) is 0.286. The van der Waals surface area contributed by atoms with E-state index in [-0.39, 0.29) is 18.3 Å². The maximum atomic E-state index is 12.1. The first-order valence-electron chi connectivity index (χ1n) is 6.36. The van der Waals surface area contributed by atoms with Crippen molar-refractivity contribution < 1.29 is 4.79 Å². The van der Waals surface area contributed by atoms with Gasteiger partial charge in [-0.25, -0.2) is 0 Å². The van der Waals surface area contributed by atoms with E-state index in [9.17, 15) is 4.79 Å². The minimum absolute atomic E-state index is 0. The van der Waals surface area contributed by atoms with Crippen molar-refractivity contribution in [3.05, 3.63) is 45.7 Å². The third-order valence-corrected chi connectivity index (χ3v) is 3.52. The van der Waals surface area contributed by atoms with Crippen molar-refractivity contribution in [3.8, 4) is 0 Å². The number of nitrogens with one attached hydrogen (secondary N) is 1. The van der Waals surface area contributed by atoms with Crippen molar-refractivity contribution in [2.24, 2.45) is 7.05 Å². The molecule has 0 aliphatic rings. The van der Waals surface area contributed by atoms with Crippen molar-refractivity contribution in [1.29, 1.82) is 0 Å². The number of hydrogen-bond acceptors (Lipinski definition) is 3. The number of amides is 1. The molecule has 0 saturated heterocycles. The highest BCUT2D eigenvalue weighted by Gasteiger charge is 2.11. The Morgan fingerprint density at radius 1 is 1.48 bits per heavy atom. The zero-order valence-electron chi connectivity index (χ0n) is 11.9. The molecular weight excluding hydrogens is 356 g/mol. The minimum atomic E-state index is -0.180. The van der Waals surface area contributed by atoms with Crippen LogP contribution in [0, 0.1) is 0 Å². The van der Waals surface area contributed by atoms with Gasteiger partial charge in [0.05, 0.1) is 11.3 Å². The second-order valence-corrected chi connectivity index (χ2v) is 5.46. The molecule has 0 bridgehead atoms. The number of carbonyl (C=O) groups excluding carboxylic acids is 1. The Morgan fingerprint density at radius 2 is 2.19 bits per heavy atom. The van der Waals surface area contributed by atoms with Crippen molar-refractivity contribution >= 4 is 39.9 Å². The highest BCUT2D eigenvalue weighted by Crippen LogP contribution is 2.18. The average molecular weight is 374 g/mol. The van der Waals surface area contributed by atoms with Crippen LogP contribution in [-0.4, -0.2) is 15.7 Å². The zero-order chi connectivity index (χ0) is 14.7. The number of halogens is 2. The molecule has 0 radical (unpaired) electrons. The lowest BCUT2D eigenvalue weighted by Crippen LogP contribution is -2.24. The summed E-state index contributed by atoms with van der Waals surface area (Å²) < 4.78 is 2.61. The van der Waals surface area contributed by atoms with Crippen molar-refractivity contribution in [3.63, 3.8) is 0 Å². The monoisotopic (exact) mass is 372 g/mol. The van der Waals surface area contributed by atoms with E-state index in [4.69, 9.17) is 5.73 Å². The molecule has 0 aliphatic heterocycles. The molecule has 21 heavy (non-hydrogen) atoms. The Kier molecular flexibility index (Phi) is 6.23. The topological polar surface area (TPSA) is 72.9 Å². The predicted molar refractivity (Wildman–Crippen MR) is 89.6 cm³/mol. The number of rotatable bonds is 4. The van der Waals surface area contributed by atoms with Gasteiger partial charge in [-0.2, -0.15) is 5.10 Å². The van der Waals surface area contributed by atoms with E-state index in [1.807, 2.05) is 20.2 Å². The van der Waals surface area contributed by atoms with E-state index in [2.05, 4.69) is 26.3 Å². The largest absolute Gasteiger partial charge is 0.398 e. The number of nitrogens with two attached hydrogens (primary N) is 1. The Balaban J connectivity index is 0.00000220. The molecular formula is C14H18BrClN4O. The molecule has 0 fully saturated rings. The Bertz CT molecular complexity index is 642. The second kappa shape index (κ2) is 7.47. The van der Waals surface area contributed by atoms with Gasteiger partial charge in [0, 0.05) is 35.5 Å². The van der Waals surface area contributed by atoms with Gasteiger partial charge in [0.15, 0.2) is 0 Å². The molecule has 3 N–H and O–H groups in total. The molecule has 1 aromatic heterocycles. The first-order chi connectivity index (χ1) is 9.51. The van der Waals surface area contributed by atoms with E-state index in [0.717, 1.165) is 22.2 Å². The summed E-state index contributed by atoms with van der Waals surface area (Å²) >= 11 is 3.32. The van der Waals surface area contributed by atoms with Crippen molar-refractivity contribution in [1.82, 2.24) is 15.1 Å². The molecule has 2 aromatic rings. The van der Waals surface area contributed by atoms with Gasteiger partial charge >= 0.3 is 0 Å². The lowest BCUT2D eigenvalue weighted by atomic mass is 10.1. The first-order valence-corrected chi connectivity index (χ1v) is 7.15. The van der Waals surface area contributed by atoms with Crippen LogP contribution in [0.1, 0.15) is 28.5 Å². The number of anilines is 1. The van der Waals surface area contributed by atoms with Crippen LogP contribution >= 0.6 is 28.3 Å². The molecule has 0 aliphatic carbocycles. The van der Waals surface area contributed by atoms with Crippen molar-refractivity contribution in [2.75, 3.05) is 5.73 Å². The molecule has 114 valence electrons. The maximum Gasteiger partial charge on any atom is 0.253 e.